The van der Waals surface area contributed by atoms with E-state index >= 15 is 0 Å². The van der Waals surface area contributed by atoms with Gasteiger partial charge in [-0.1, -0.05) is 46.9 Å². The van der Waals surface area contributed by atoms with E-state index in [-0.39, 0.29) is 16.9 Å². The number of carbonyl (C=O) groups excluding carboxylic acids is 1. The van der Waals surface area contributed by atoms with E-state index < -0.39 is 17.7 Å². The Balaban J connectivity index is 1.81. The molecule has 0 aliphatic rings. The number of benzene rings is 3. The van der Waals surface area contributed by atoms with E-state index in [9.17, 15) is 14.0 Å². The largest absolute Gasteiger partial charge is 0.478 e. The van der Waals surface area contributed by atoms with E-state index in [1.807, 2.05) is 0 Å². The molecule has 0 aliphatic heterocycles. The molecule has 0 fully saturated rings. The first-order valence-corrected chi connectivity index (χ1v) is 10.9. The molecular formula is C24H15Cl3FN3O3. The van der Waals surface area contributed by atoms with Gasteiger partial charge in [0, 0.05) is 21.2 Å². The maximum Gasteiger partial charge on any atom is 0.335 e. The van der Waals surface area contributed by atoms with Crippen LogP contribution in [0.15, 0.2) is 60.7 Å². The van der Waals surface area contributed by atoms with Crippen LogP contribution >= 0.6 is 34.8 Å². The van der Waals surface area contributed by atoms with E-state index in [1.165, 1.54) is 16.8 Å². The molecule has 1 aromatic heterocycles. The Morgan fingerprint density at radius 2 is 1.65 bits per heavy atom. The van der Waals surface area contributed by atoms with Crippen LogP contribution in [0.3, 0.4) is 0 Å². The van der Waals surface area contributed by atoms with Gasteiger partial charge in [-0.3, -0.25) is 4.79 Å². The Morgan fingerprint density at radius 3 is 2.26 bits per heavy atom. The number of carboxylic acids is 1. The summed E-state index contributed by atoms with van der Waals surface area (Å²) in [6, 6.07) is 15.0. The zero-order valence-corrected chi connectivity index (χ0v) is 19.7. The highest BCUT2D eigenvalue weighted by molar-refractivity contribution is 6.35. The average molecular weight is 519 g/mol. The number of rotatable bonds is 5. The van der Waals surface area contributed by atoms with Gasteiger partial charge in [-0.25, -0.2) is 13.9 Å². The second-order valence-corrected chi connectivity index (χ2v) is 8.57. The van der Waals surface area contributed by atoms with Crippen molar-refractivity contribution in [3.63, 3.8) is 0 Å². The first kappa shape index (κ1) is 23.8. The normalized spacial score (nSPS) is 10.9. The summed E-state index contributed by atoms with van der Waals surface area (Å²) in [5, 5.41) is 17.2. The molecule has 0 unspecified atom stereocenters. The summed E-state index contributed by atoms with van der Waals surface area (Å²) >= 11 is 18.5. The predicted octanol–water partition coefficient (Wildman–Crippen LogP) is 6.90. The Kier molecular flexibility index (Phi) is 6.61. The fourth-order valence-corrected chi connectivity index (χ4v) is 4.03. The first-order valence-electron chi connectivity index (χ1n) is 9.81. The van der Waals surface area contributed by atoms with E-state index in [0.717, 1.165) is 11.6 Å². The second-order valence-electron chi connectivity index (χ2n) is 7.29. The Hall–Kier alpha value is -3.39. The molecule has 2 N–H and O–H groups in total. The third kappa shape index (κ3) is 4.63. The van der Waals surface area contributed by atoms with Crippen molar-refractivity contribution in [1.29, 1.82) is 0 Å². The molecule has 34 heavy (non-hydrogen) atoms. The van der Waals surface area contributed by atoms with Gasteiger partial charge in [0.05, 0.1) is 27.7 Å². The Labute approximate surface area is 208 Å². The smallest absolute Gasteiger partial charge is 0.335 e. The maximum absolute atomic E-state index is 14.4. The van der Waals surface area contributed by atoms with Crippen LogP contribution in [0.4, 0.5) is 10.1 Å². The molecule has 10 heteroatoms. The summed E-state index contributed by atoms with van der Waals surface area (Å²) < 4.78 is 15.9. The van der Waals surface area contributed by atoms with Crippen molar-refractivity contribution in [2.45, 2.75) is 6.92 Å². The standard InChI is InChI=1S/C24H15Cl3FN3O3/c1-12-21(23(32)29-19-8-4-14(24(33)34)10-18(19)28)30-31(20-9-7-16(26)11-17(20)27)22(12)13-2-5-15(25)6-3-13/h2-11H,1H3,(H,29,32)(H,33,34). The van der Waals surface area contributed by atoms with Crippen LogP contribution < -0.4 is 5.32 Å². The number of aromatic nitrogens is 2. The first-order chi connectivity index (χ1) is 16.2. The van der Waals surface area contributed by atoms with Crippen molar-refractivity contribution < 1.29 is 19.1 Å². The Bertz CT molecular complexity index is 1440. The summed E-state index contributed by atoms with van der Waals surface area (Å²) in [5.41, 5.74) is 1.89. The van der Waals surface area contributed by atoms with Crippen molar-refractivity contribution in [3.05, 3.63) is 98.4 Å². The molecule has 0 spiro atoms. The van der Waals surface area contributed by atoms with Crippen molar-refractivity contribution in [1.82, 2.24) is 9.78 Å². The third-order valence-corrected chi connectivity index (χ3v) is 5.85. The van der Waals surface area contributed by atoms with Crippen LogP contribution in [-0.2, 0) is 0 Å². The third-order valence-electron chi connectivity index (χ3n) is 5.06. The minimum Gasteiger partial charge on any atom is -0.478 e. The quantitative estimate of drug-likeness (QED) is 0.301. The Morgan fingerprint density at radius 1 is 0.971 bits per heavy atom. The van der Waals surface area contributed by atoms with Crippen LogP contribution in [0.1, 0.15) is 26.4 Å². The van der Waals surface area contributed by atoms with Gasteiger partial charge in [0.2, 0.25) is 0 Å². The summed E-state index contributed by atoms with van der Waals surface area (Å²) in [5.74, 6) is -2.85. The zero-order chi connectivity index (χ0) is 24.6. The molecule has 0 bridgehead atoms. The molecule has 6 nitrogen and oxygen atoms in total. The summed E-state index contributed by atoms with van der Waals surface area (Å²) in [4.78, 5) is 24.1. The minimum absolute atomic E-state index is 0.0256. The van der Waals surface area contributed by atoms with Crippen molar-refractivity contribution in [2.24, 2.45) is 0 Å². The lowest BCUT2D eigenvalue weighted by molar-refractivity contribution is 0.0696. The van der Waals surface area contributed by atoms with Crippen LogP contribution in [-0.4, -0.2) is 26.8 Å². The lowest BCUT2D eigenvalue weighted by Crippen LogP contribution is -2.15. The lowest BCUT2D eigenvalue weighted by Gasteiger charge is -2.11. The van der Waals surface area contributed by atoms with Gasteiger partial charge < -0.3 is 10.4 Å². The number of hydrogen-bond donors (Lipinski definition) is 2. The van der Waals surface area contributed by atoms with Crippen molar-refractivity contribution in [2.75, 3.05) is 5.32 Å². The number of anilines is 1. The molecule has 0 radical (unpaired) electrons. The molecule has 0 atom stereocenters. The van der Waals surface area contributed by atoms with Gasteiger partial charge in [-0.05, 0) is 55.5 Å². The average Bonchev–Trinajstić information content (AvgIpc) is 3.12. The predicted molar refractivity (Wildman–Crippen MR) is 130 cm³/mol. The molecule has 3 aromatic carbocycles. The van der Waals surface area contributed by atoms with Gasteiger partial charge in [0.15, 0.2) is 5.69 Å². The number of carboxylic acid groups (broad SMARTS) is 1. The molecule has 4 aromatic rings. The van der Waals surface area contributed by atoms with E-state index in [0.29, 0.717) is 32.0 Å². The molecule has 172 valence electrons. The van der Waals surface area contributed by atoms with E-state index in [1.54, 1.807) is 49.4 Å². The summed E-state index contributed by atoms with van der Waals surface area (Å²) in [7, 11) is 0. The molecule has 0 saturated carbocycles. The van der Waals surface area contributed by atoms with E-state index in [4.69, 9.17) is 39.9 Å². The molecule has 0 aliphatic carbocycles. The van der Waals surface area contributed by atoms with Gasteiger partial charge in [-0.2, -0.15) is 5.10 Å². The van der Waals surface area contributed by atoms with E-state index in [2.05, 4.69) is 10.4 Å². The van der Waals surface area contributed by atoms with Gasteiger partial charge >= 0.3 is 5.97 Å². The maximum atomic E-state index is 14.4. The highest BCUT2D eigenvalue weighted by Gasteiger charge is 2.24. The number of aromatic carboxylic acids is 1. The van der Waals surface area contributed by atoms with Crippen LogP contribution in [0, 0.1) is 12.7 Å². The van der Waals surface area contributed by atoms with Crippen LogP contribution in [0.5, 0.6) is 0 Å². The number of carbonyl (C=O) groups is 2. The lowest BCUT2D eigenvalue weighted by atomic mass is 10.1. The number of halogens is 4. The van der Waals surface area contributed by atoms with Crippen LogP contribution in [0.2, 0.25) is 15.1 Å². The summed E-state index contributed by atoms with van der Waals surface area (Å²) in [6.45, 7) is 1.70. The van der Waals surface area contributed by atoms with Gasteiger partial charge in [-0.15, -0.1) is 0 Å². The fraction of sp³-hybridized carbons (Fsp3) is 0.0417. The minimum atomic E-state index is -1.28. The number of nitrogens with one attached hydrogen (secondary N) is 1. The number of amides is 1. The number of hydrogen-bond acceptors (Lipinski definition) is 3. The van der Waals surface area contributed by atoms with Crippen LogP contribution in [0.25, 0.3) is 16.9 Å². The molecule has 0 saturated heterocycles. The monoisotopic (exact) mass is 517 g/mol. The highest BCUT2D eigenvalue weighted by Crippen LogP contribution is 2.33. The fourth-order valence-electron chi connectivity index (χ4n) is 3.42. The van der Waals surface area contributed by atoms with Crippen molar-refractivity contribution in [3.8, 4) is 16.9 Å². The zero-order valence-electron chi connectivity index (χ0n) is 17.4. The molecule has 1 heterocycles. The molecular weight excluding hydrogens is 504 g/mol. The van der Waals surface area contributed by atoms with Crippen molar-refractivity contribution >= 4 is 52.4 Å². The SMILES string of the molecule is Cc1c(C(=O)Nc2ccc(C(=O)O)cc2F)nn(-c2ccc(Cl)cc2Cl)c1-c1ccc(Cl)cc1. The topological polar surface area (TPSA) is 84.2 Å². The highest BCUT2D eigenvalue weighted by atomic mass is 35.5. The van der Waals surface area contributed by atoms with Gasteiger partial charge in [0.25, 0.3) is 5.91 Å². The summed E-state index contributed by atoms with van der Waals surface area (Å²) in [6.07, 6.45) is 0. The van der Waals surface area contributed by atoms with Gasteiger partial charge in [0.1, 0.15) is 5.82 Å². The molecule has 4 rings (SSSR count). The second kappa shape index (κ2) is 9.46. The molecule has 1 amide bonds. The number of nitrogens with zero attached hydrogens (tertiary/aromatic N) is 2.